The number of anilines is 1. The summed E-state index contributed by atoms with van der Waals surface area (Å²) < 4.78 is 29.9. The molecule has 9 nitrogen and oxygen atoms in total. The number of aryl methyl sites for hydroxylation is 1. The zero-order valence-electron chi connectivity index (χ0n) is 14.3. The summed E-state index contributed by atoms with van der Waals surface area (Å²) in [6.07, 6.45) is 1.02. The van der Waals surface area contributed by atoms with E-state index in [-0.39, 0.29) is 23.1 Å². The largest absolute Gasteiger partial charge is 0.435 e. The van der Waals surface area contributed by atoms with Gasteiger partial charge in [0.05, 0.1) is 10.6 Å². The summed E-state index contributed by atoms with van der Waals surface area (Å²) >= 11 is 1.12. The highest BCUT2D eigenvalue weighted by Crippen LogP contribution is 2.28. The summed E-state index contributed by atoms with van der Waals surface area (Å²) in [4.78, 5) is 27.1. The van der Waals surface area contributed by atoms with Crippen molar-refractivity contribution in [1.82, 2.24) is 14.8 Å². The van der Waals surface area contributed by atoms with E-state index < -0.39 is 23.1 Å². The van der Waals surface area contributed by atoms with Gasteiger partial charge in [0.15, 0.2) is 5.13 Å². The van der Waals surface area contributed by atoms with Crippen molar-refractivity contribution in [2.75, 3.05) is 5.32 Å². The molecule has 1 aromatic carbocycles. The molecular weight excluding hydrogens is 396 g/mol. The van der Waals surface area contributed by atoms with Crippen molar-refractivity contribution < 1.29 is 23.2 Å². The highest BCUT2D eigenvalue weighted by atomic mass is 32.1. The number of nitrogens with zero attached hydrogens (tertiary/aromatic N) is 4. The standard InChI is InChI=1S/C16H13F2N5O4S/c1-2-22-13(12(7-19-22)23(25)26)14(24)21-16-20-11(8-28-16)9-3-5-10(6-4-9)27-15(17)18/h3-8,15H,2H2,1H3,(H,20,21,24). The van der Waals surface area contributed by atoms with Crippen LogP contribution in [0.25, 0.3) is 11.3 Å². The molecule has 146 valence electrons. The molecule has 1 N–H and O–H groups in total. The van der Waals surface area contributed by atoms with Crippen LogP contribution in [-0.2, 0) is 6.54 Å². The second kappa shape index (κ2) is 8.08. The van der Waals surface area contributed by atoms with E-state index in [1.807, 2.05) is 0 Å². The number of hydrogen-bond acceptors (Lipinski definition) is 7. The molecule has 28 heavy (non-hydrogen) atoms. The quantitative estimate of drug-likeness (QED) is 0.469. The Balaban J connectivity index is 1.77. The van der Waals surface area contributed by atoms with Gasteiger partial charge >= 0.3 is 12.3 Å². The minimum Gasteiger partial charge on any atom is -0.435 e. The maximum Gasteiger partial charge on any atom is 0.387 e. The van der Waals surface area contributed by atoms with Crippen molar-refractivity contribution in [3.63, 3.8) is 0 Å². The monoisotopic (exact) mass is 409 g/mol. The van der Waals surface area contributed by atoms with E-state index in [0.29, 0.717) is 11.3 Å². The van der Waals surface area contributed by atoms with Gasteiger partial charge in [-0.2, -0.15) is 13.9 Å². The van der Waals surface area contributed by atoms with Crippen molar-refractivity contribution in [1.29, 1.82) is 0 Å². The van der Waals surface area contributed by atoms with Gasteiger partial charge in [0.1, 0.15) is 11.9 Å². The first-order valence-corrected chi connectivity index (χ1v) is 8.79. The number of benzene rings is 1. The fourth-order valence-electron chi connectivity index (χ4n) is 2.41. The number of thiazole rings is 1. The van der Waals surface area contributed by atoms with Crippen LogP contribution in [0, 0.1) is 10.1 Å². The topological polar surface area (TPSA) is 112 Å². The van der Waals surface area contributed by atoms with Crippen molar-refractivity contribution >= 4 is 28.1 Å². The van der Waals surface area contributed by atoms with Crippen molar-refractivity contribution in [2.24, 2.45) is 0 Å². The van der Waals surface area contributed by atoms with Gasteiger partial charge in [-0.3, -0.25) is 24.9 Å². The van der Waals surface area contributed by atoms with Crippen LogP contribution in [0.2, 0.25) is 0 Å². The predicted octanol–water partition coefficient (Wildman–Crippen LogP) is 3.79. The van der Waals surface area contributed by atoms with Gasteiger partial charge in [-0.15, -0.1) is 11.3 Å². The molecule has 0 saturated heterocycles. The molecule has 0 atom stereocenters. The summed E-state index contributed by atoms with van der Waals surface area (Å²) in [7, 11) is 0. The lowest BCUT2D eigenvalue weighted by atomic mass is 10.2. The fourth-order valence-corrected chi connectivity index (χ4v) is 3.12. The van der Waals surface area contributed by atoms with Crippen molar-refractivity contribution in [3.8, 4) is 17.0 Å². The number of carbonyl (C=O) groups excluding carboxylic acids is 1. The first-order chi connectivity index (χ1) is 13.4. The SMILES string of the molecule is CCn1ncc([N+](=O)[O-])c1C(=O)Nc1nc(-c2ccc(OC(F)F)cc2)cs1. The molecule has 0 aliphatic rings. The molecule has 3 rings (SSSR count). The van der Waals surface area contributed by atoms with Crippen LogP contribution in [0.3, 0.4) is 0 Å². The van der Waals surface area contributed by atoms with Gasteiger partial charge in [0, 0.05) is 17.5 Å². The highest BCUT2D eigenvalue weighted by Gasteiger charge is 2.27. The van der Waals surface area contributed by atoms with Gasteiger partial charge in [0.2, 0.25) is 5.69 Å². The zero-order chi connectivity index (χ0) is 20.3. The Hall–Kier alpha value is -3.41. The molecule has 1 amide bonds. The molecule has 0 aliphatic heterocycles. The first-order valence-electron chi connectivity index (χ1n) is 7.91. The van der Waals surface area contributed by atoms with Crippen LogP contribution in [0.4, 0.5) is 19.6 Å². The number of nitro groups is 1. The molecular formula is C16H13F2N5O4S. The van der Waals surface area contributed by atoms with E-state index >= 15 is 0 Å². The Bertz CT molecular complexity index is 1000. The molecule has 0 aliphatic carbocycles. The normalized spacial score (nSPS) is 10.9. The lowest BCUT2D eigenvalue weighted by Crippen LogP contribution is -2.18. The van der Waals surface area contributed by atoms with Gasteiger partial charge in [-0.25, -0.2) is 4.98 Å². The number of alkyl halides is 2. The molecule has 2 aromatic heterocycles. The third kappa shape index (κ3) is 4.11. The first kappa shape index (κ1) is 19.4. The molecule has 2 heterocycles. The Labute approximate surface area is 160 Å². The minimum atomic E-state index is -2.91. The number of carbonyl (C=O) groups is 1. The van der Waals surface area contributed by atoms with E-state index in [4.69, 9.17) is 0 Å². The van der Waals surface area contributed by atoms with Crippen LogP contribution in [-0.4, -0.2) is 32.2 Å². The van der Waals surface area contributed by atoms with E-state index in [1.165, 1.54) is 16.8 Å². The molecule has 0 fully saturated rings. The van der Waals surface area contributed by atoms with E-state index in [2.05, 4.69) is 20.1 Å². The number of ether oxygens (including phenoxy) is 1. The number of halogens is 2. The lowest BCUT2D eigenvalue weighted by Gasteiger charge is -2.05. The van der Waals surface area contributed by atoms with Crippen LogP contribution >= 0.6 is 11.3 Å². The Morgan fingerprint density at radius 2 is 2.11 bits per heavy atom. The predicted molar refractivity (Wildman–Crippen MR) is 96.7 cm³/mol. The number of nitrogens with one attached hydrogen (secondary N) is 1. The minimum absolute atomic E-state index is 0.0163. The van der Waals surface area contributed by atoms with Crippen LogP contribution < -0.4 is 10.1 Å². The summed E-state index contributed by atoms with van der Waals surface area (Å²) in [6, 6.07) is 5.86. The number of aromatic nitrogens is 3. The average Bonchev–Trinajstić information content (AvgIpc) is 3.28. The summed E-state index contributed by atoms with van der Waals surface area (Å²) in [5, 5.41) is 19.3. The average molecular weight is 409 g/mol. The van der Waals surface area contributed by atoms with E-state index in [0.717, 1.165) is 17.5 Å². The smallest absolute Gasteiger partial charge is 0.387 e. The second-order valence-corrected chi connectivity index (χ2v) is 6.20. The summed E-state index contributed by atoms with van der Waals surface area (Å²) in [5.41, 5.74) is 0.564. The maximum absolute atomic E-state index is 12.5. The molecule has 0 radical (unpaired) electrons. The van der Waals surface area contributed by atoms with Gasteiger partial charge in [0.25, 0.3) is 5.91 Å². The van der Waals surface area contributed by atoms with Crippen LogP contribution in [0.1, 0.15) is 17.4 Å². The third-order valence-electron chi connectivity index (χ3n) is 3.63. The number of rotatable bonds is 7. The number of amides is 1. The molecule has 0 unspecified atom stereocenters. The fraction of sp³-hybridized carbons (Fsp3) is 0.188. The van der Waals surface area contributed by atoms with Crippen molar-refractivity contribution in [3.05, 3.63) is 51.7 Å². The van der Waals surface area contributed by atoms with E-state index in [1.54, 1.807) is 24.4 Å². The Morgan fingerprint density at radius 3 is 2.71 bits per heavy atom. The van der Waals surface area contributed by atoms with E-state index in [9.17, 15) is 23.7 Å². The van der Waals surface area contributed by atoms with Gasteiger partial charge < -0.3 is 4.74 Å². The van der Waals surface area contributed by atoms with Crippen LogP contribution in [0.15, 0.2) is 35.8 Å². The molecule has 0 bridgehead atoms. The Kier molecular flexibility index (Phi) is 5.59. The van der Waals surface area contributed by atoms with Gasteiger partial charge in [-0.1, -0.05) is 0 Å². The zero-order valence-corrected chi connectivity index (χ0v) is 15.2. The summed E-state index contributed by atoms with van der Waals surface area (Å²) in [5.74, 6) is -0.685. The maximum atomic E-state index is 12.5. The van der Waals surface area contributed by atoms with Gasteiger partial charge in [-0.05, 0) is 31.2 Å². The third-order valence-corrected chi connectivity index (χ3v) is 4.39. The molecule has 0 saturated carbocycles. The van der Waals surface area contributed by atoms with Crippen LogP contribution in [0.5, 0.6) is 5.75 Å². The molecule has 12 heteroatoms. The van der Waals surface area contributed by atoms with Crippen molar-refractivity contribution in [2.45, 2.75) is 20.1 Å². The molecule has 3 aromatic rings. The summed E-state index contributed by atoms with van der Waals surface area (Å²) in [6.45, 7) is -0.920. The number of hydrogen-bond donors (Lipinski definition) is 1. The second-order valence-electron chi connectivity index (χ2n) is 5.35. The highest BCUT2D eigenvalue weighted by molar-refractivity contribution is 7.14. The lowest BCUT2D eigenvalue weighted by molar-refractivity contribution is -0.385. The Morgan fingerprint density at radius 1 is 1.39 bits per heavy atom. The molecule has 0 spiro atoms.